The number of rotatable bonds is 8. The average Bonchev–Trinajstić information content (AvgIpc) is 2.60. The van der Waals surface area contributed by atoms with Crippen LogP contribution in [0.3, 0.4) is 0 Å². The SMILES string of the molecule is CNCCC(=O)NC(C)c1ccc(OCc2ccc(F)cc2)cc1. The highest BCUT2D eigenvalue weighted by Crippen LogP contribution is 2.19. The van der Waals surface area contributed by atoms with Gasteiger partial charge < -0.3 is 15.4 Å². The van der Waals surface area contributed by atoms with Gasteiger partial charge in [0.15, 0.2) is 0 Å². The van der Waals surface area contributed by atoms with Crippen LogP contribution in [0.5, 0.6) is 5.75 Å². The molecule has 0 aliphatic rings. The molecule has 0 aromatic heterocycles. The Morgan fingerprint density at radius 2 is 1.79 bits per heavy atom. The van der Waals surface area contributed by atoms with Crippen molar-refractivity contribution in [3.63, 3.8) is 0 Å². The third-order valence-corrected chi connectivity index (χ3v) is 3.68. The lowest BCUT2D eigenvalue weighted by atomic mass is 10.1. The van der Waals surface area contributed by atoms with Crippen molar-refractivity contribution in [2.75, 3.05) is 13.6 Å². The second-order valence-corrected chi connectivity index (χ2v) is 5.63. The van der Waals surface area contributed by atoms with Crippen LogP contribution in [0.1, 0.15) is 30.5 Å². The van der Waals surface area contributed by atoms with Crippen molar-refractivity contribution in [3.8, 4) is 5.75 Å². The summed E-state index contributed by atoms with van der Waals surface area (Å²) in [6.07, 6.45) is 0.458. The molecule has 2 aromatic rings. The van der Waals surface area contributed by atoms with Crippen molar-refractivity contribution in [3.05, 3.63) is 65.5 Å². The van der Waals surface area contributed by atoms with Crippen LogP contribution in [0.4, 0.5) is 4.39 Å². The van der Waals surface area contributed by atoms with Gasteiger partial charge in [-0.05, 0) is 49.4 Å². The number of nitrogens with one attached hydrogen (secondary N) is 2. The van der Waals surface area contributed by atoms with E-state index in [1.807, 2.05) is 38.2 Å². The topological polar surface area (TPSA) is 50.4 Å². The van der Waals surface area contributed by atoms with Gasteiger partial charge in [-0.3, -0.25) is 4.79 Å². The minimum Gasteiger partial charge on any atom is -0.489 e. The molecular formula is C19H23FN2O2. The summed E-state index contributed by atoms with van der Waals surface area (Å²) in [4.78, 5) is 11.7. The van der Waals surface area contributed by atoms with Crippen LogP contribution in [0.25, 0.3) is 0 Å². The van der Waals surface area contributed by atoms with Gasteiger partial charge >= 0.3 is 0 Å². The molecule has 0 heterocycles. The number of ether oxygens (including phenoxy) is 1. The Morgan fingerprint density at radius 1 is 1.12 bits per heavy atom. The lowest BCUT2D eigenvalue weighted by molar-refractivity contribution is -0.121. The predicted octanol–water partition coefficient (Wildman–Crippen LogP) is 3.19. The molecular weight excluding hydrogens is 307 g/mol. The van der Waals surface area contributed by atoms with E-state index in [4.69, 9.17) is 4.74 Å². The van der Waals surface area contributed by atoms with E-state index >= 15 is 0 Å². The molecule has 0 radical (unpaired) electrons. The van der Waals surface area contributed by atoms with Gasteiger partial charge in [-0.15, -0.1) is 0 Å². The first-order valence-electron chi connectivity index (χ1n) is 7.99. The second kappa shape index (κ2) is 9.03. The quantitative estimate of drug-likeness (QED) is 0.781. The summed E-state index contributed by atoms with van der Waals surface area (Å²) >= 11 is 0. The first kappa shape index (κ1) is 17.9. The van der Waals surface area contributed by atoms with Crippen molar-refractivity contribution in [1.29, 1.82) is 0 Å². The predicted molar refractivity (Wildman–Crippen MR) is 92.3 cm³/mol. The highest BCUT2D eigenvalue weighted by atomic mass is 19.1. The standard InChI is InChI=1S/C19H23FN2O2/c1-14(22-19(23)11-12-21-2)16-5-9-18(10-6-16)24-13-15-3-7-17(20)8-4-15/h3-10,14,21H,11-13H2,1-2H3,(H,22,23). The lowest BCUT2D eigenvalue weighted by Crippen LogP contribution is -2.28. The number of hydrogen-bond acceptors (Lipinski definition) is 3. The van der Waals surface area contributed by atoms with E-state index in [9.17, 15) is 9.18 Å². The van der Waals surface area contributed by atoms with Crippen LogP contribution < -0.4 is 15.4 Å². The van der Waals surface area contributed by atoms with Crippen molar-refractivity contribution < 1.29 is 13.9 Å². The number of amides is 1. The molecule has 0 aliphatic carbocycles. The van der Waals surface area contributed by atoms with E-state index in [0.29, 0.717) is 19.6 Å². The van der Waals surface area contributed by atoms with Crippen LogP contribution in [0, 0.1) is 5.82 Å². The number of carbonyl (C=O) groups excluding carboxylic acids is 1. The molecule has 1 atom stereocenters. The fourth-order valence-corrected chi connectivity index (χ4v) is 2.24. The van der Waals surface area contributed by atoms with Crippen LogP contribution >= 0.6 is 0 Å². The lowest BCUT2D eigenvalue weighted by Gasteiger charge is -2.15. The largest absolute Gasteiger partial charge is 0.489 e. The Labute approximate surface area is 142 Å². The maximum Gasteiger partial charge on any atom is 0.221 e. The smallest absolute Gasteiger partial charge is 0.221 e. The zero-order chi connectivity index (χ0) is 17.4. The van der Waals surface area contributed by atoms with E-state index in [1.54, 1.807) is 12.1 Å². The van der Waals surface area contributed by atoms with Crippen molar-refractivity contribution >= 4 is 5.91 Å². The molecule has 24 heavy (non-hydrogen) atoms. The Hall–Kier alpha value is -2.40. The minimum atomic E-state index is -0.256. The van der Waals surface area contributed by atoms with Crippen molar-refractivity contribution in [2.45, 2.75) is 26.0 Å². The van der Waals surface area contributed by atoms with E-state index < -0.39 is 0 Å². The highest BCUT2D eigenvalue weighted by Gasteiger charge is 2.09. The van der Waals surface area contributed by atoms with Crippen LogP contribution in [-0.2, 0) is 11.4 Å². The Morgan fingerprint density at radius 3 is 2.42 bits per heavy atom. The normalized spacial score (nSPS) is 11.8. The third-order valence-electron chi connectivity index (χ3n) is 3.68. The fraction of sp³-hybridized carbons (Fsp3) is 0.316. The fourth-order valence-electron chi connectivity index (χ4n) is 2.24. The molecule has 1 amide bonds. The summed E-state index contributed by atoms with van der Waals surface area (Å²) < 4.78 is 18.5. The number of hydrogen-bond donors (Lipinski definition) is 2. The summed E-state index contributed by atoms with van der Waals surface area (Å²) in [7, 11) is 1.82. The molecule has 0 saturated heterocycles. The van der Waals surface area contributed by atoms with Crippen LogP contribution in [0.15, 0.2) is 48.5 Å². The molecule has 2 N–H and O–H groups in total. The van der Waals surface area contributed by atoms with Crippen LogP contribution in [-0.4, -0.2) is 19.5 Å². The Kier molecular flexibility index (Phi) is 6.75. The molecule has 2 rings (SSSR count). The van der Waals surface area contributed by atoms with E-state index in [1.165, 1.54) is 12.1 Å². The Balaban J connectivity index is 1.85. The summed E-state index contributed by atoms with van der Waals surface area (Å²) in [6, 6.07) is 13.8. The maximum atomic E-state index is 12.9. The van der Waals surface area contributed by atoms with E-state index in [2.05, 4.69) is 10.6 Å². The van der Waals surface area contributed by atoms with Gasteiger partial charge in [0.05, 0.1) is 6.04 Å². The second-order valence-electron chi connectivity index (χ2n) is 5.63. The monoisotopic (exact) mass is 330 g/mol. The molecule has 0 saturated carbocycles. The molecule has 0 spiro atoms. The number of carbonyl (C=O) groups is 1. The molecule has 2 aromatic carbocycles. The zero-order valence-corrected chi connectivity index (χ0v) is 14.0. The summed E-state index contributed by atoms with van der Waals surface area (Å²) in [5.41, 5.74) is 1.92. The maximum absolute atomic E-state index is 12.9. The average molecular weight is 330 g/mol. The van der Waals surface area contributed by atoms with Gasteiger partial charge in [0.1, 0.15) is 18.2 Å². The highest BCUT2D eigenvalue weighted by molar-refractivity contribution is 5.76. The van der Waals surface area contributed by atoms with Crippen molar-refractivity contribution in [2.24, 2.45) is 0 Å². The third kappa shape index (κ3) is 5.66. The van der Waals surface area contributed by atoms with Crippen molar-refractivity contribution in [1.82, 2.24) is 10.6 Å². The van der Waals surface area contributed by atoms with Gasteiger partial charge in [0.2, 0.25) is 5.91 Å². The molecule has 1 unspecified atom stereocenters. The van der Waals surface area contributed by atoms with Crippen LogP contribution in [0.2, 0.25) is 0 Å². The van der Waals surface area contributed by atoms with Gasteiger partial charge in [-0.1, -0.05) is 24.3 Å². The van der Waals surface area contributed by atoms with E-state index in [0.717, 1.165) is 16.9 Å². The minimum absolute atomic E-state index is 0.0217. The zero-order valence-electron chi connectivity index (χ0n) is 14.0. The summed E-state index contributed by atoms with van der Waals surface area (Å²) in [5.74, 6) is 0.499. The Bertz CT molecular complexity index is 641. The first-order valence-corrected chi connectivity index (χ1v) is 7.99. The molecule has 4 nitrogen and oxygen atoms in total. The van der Waals surface area contributed by atoms with Gasteiger partial charge in [0.25, 0.3) is 0 Å². The molecule has 5 heteroatoms. The molecule has 0 bridgehead atoms. The summed E-state index contributed by atoms with van der Waals surface area (Å²) in [6.45, 7) is 3.00. The summed E-state index contributed by atoms with van der Waals surface area (Å²) in [5, 5.41) is 5.91. The molecule has 0 aliphatic heterocycles. The van der Waals surface area contributed by atoms with Gasteiger partial charge in [0, 0.05) is 13.0 Å². The molecule has 0 fully saturated rings. The first-order chi connectivity index (χ1) is 11.6. The number of benzene rings is 2. The number of halogens is 1. The van der Waals surface area contributed by atoms with E-state index in [-0.39, 0.29) is 17.8 Å². The van der Waals surface area contributed by atoms with Gasteiger partial charge in [-0.2, -0.15) is 0 Å². The molecule has 128 valence electrons. The van der Waals surface area contributed by atoms with Gasteiger partial charge in [-0.25, -0.2) is 4.39 Å².